The maximum Gasteiger partial charge on any atom is 0.375 e. The van der Waals surface area contributed by atoms with Gasteiger partial charge in [-0.25, -0.2) is 4.79 Å². The van der Waals surface area contributed by atoms with Crippen molar-refractivity contribution in [2.24, 2.45) is 23.7 Å². The Morgan fingerprint density at radius 3 is 2.71 bits per heavy atom. The number of fused-ring (bicyclic) bond motifs is 8. The van der Waals surface area contributed by atoms with Crippen molar-refractivity contribution < 1.29 is 58.5 Å². The van der Waals surface area contributed by atoms with E-state index in [0.717, 1.165) is 54.5 Å². The van der Waals surface area contributed by atoms with Crippen LogP contribution in [0, 0.1) is 23.7 Å². The number of allylic oxidation sites excluding steroid dienone is 3. The summed E-state index contributed by atoms with van der Waals surface area (Å²) in [6.07, 6.45) is 9.35. The van der Waals surface area contributed by atoms with Gasteiger partial charge in [0.05, 0.1) is 43.1 Å². The first-order valence-corrected chi connectivity index (χ1v) is 22.5. The maximum atomic E-state index is 14.5. The predicted molar refractivity (Wildman–Crippen MR) is 231 cm³/mol. The number of ketones is 1. The Balaban J connectivity index is 1.23. The molecular weight excluding hydrogens is 809 g/mol. The third-order valence-corrected chi connectivity index (χ3v) is 14.5. The van der Waals surface area contributed by atoms with Crippen molar-refractivity contribution in [1.82, 2.24) is 9.88 Å². The second kappa shape index (κ2) is 18.0. The standard InChI is InChI=1S/C49H58N2O12/c1-3-60-48(57)47-36(24-54)41-31-16-32(23-53)43(56)34(18-31)33-17-29-9-12-50-39(29)19-28(33)8-7-27(22-52)26-61-45-35-20-40(62-44(35)37(25-55)46(63-47)42(41)45)49(58)11-4-6-30-21-51(13-5-15-59-2)14-10-38(30)49/h4,6,9,12,17,19,24,27,30,32,34,38,40,50,52-53,55,58H,3,5,7-8,10-11,13-16,18,20-23,25-26H2,1-2H3/b41-31-/t27-,30+,32+,34+,38+,40-,49+/m0/s1. The zero-order valence-electron chi connectivity index (χ0n) is 36.0. The highest BCUT2D eigenvalue weighted by Gasteiger charge is 2.54. The highest BCUT2D eigenvalue weighted by molar-refractivity contribution is 6.11. The van der Waals surface area contributed by atoms with Crippen molar-refractivity contribution in [2.75, 3.05) is 59.8 Å². The largest absolute Gasteiger partial charge is 0.492 e. The van der Waals surface area contributed by atoms with Crippen molar-refractivity contribution in [3.63, 3.8) is 0 Å². The van der Waals surface area contributed by atoms with E-state index in [1.54, 1.807) is 14.0 Å². The fourth-order valence-electron chi connectivity index (χ4n) is 11.3. The monoisotopic (exact) mass is 866 g/mol. The first kappa shape index (κ1) is 43.4. The Bertz CT molecular complexity index is 2380. The van der Waals surface area contributed by atoms with Crippen molar-refractivity contribution in [3.8, 4) is 17.2 Å². The van der Waals surface area contributed by atoms with Gasteiger partial charge < -0.3 is 54.0 Å². The van der Waals surface area contributed by atoms with E-state index < -0.39 is 42.7 Å². The van der Waals surface area contributed by atoms with Gasteiger partial charge in [-0.3, -0.25) is 9.59 Å². The van der Waals surface area contributed by atoms with Crippen LogP contribution in [0.15, 0.2) is 53.5 Å². The van der Waals surface area contributed by atoms with Crippen molar-refractivity contribution in [3.05, 3.63) is 81.3 Å². The molecule has 1 aromatic heterocycles. The molecule has 1 saturated carbocycles. The van der Waals surface area contributed by atoms with E-state index in [2.05, 4.69) is 16.0 Å². The number of nitrogens with zero attached hydrogens (tertiary/aromatic N) is 1. The molecule has 336 valence electrons. The van der Waals surface area contributed by atoms with Crippen LogP contribution in [0.4, 0.5) is 0 Å². The van der Waals surface area contributed by atoms with E-state index in [4.69, 9.17) is 23.7 Å². The minimum atomic E-state index is -1.29. The third kappa shape index (κ3) is 7.61. The minimum absolute atomic E-state index is 0.0109. The summed E-state index contributed by atoms with van der Waals surface area (Å²) in [4.78, 5) is 47.5. The van der Waals surface area contributed by atoms with Gasteiger partial charge in [-0.15, -0.1) is 0 Å². The summed E-state index contributed by atoms with van der Waals surface area (Å²) in [6.45, 7) is 3.62. The lowest BCUT2D eigenvalue weighted by Gasteiger charge is -2.49. The molecule has 5 heterocycles. The summed E-state index contributed by atoms with van der Waals surface area (Å²) in [6, 6.07) is 5.99. The molecule has 7 atom stereocenters. The number of methoxy groups -OCH3 is 1. The van der Waals surface area contributed by atoms with Crippen LogP contribution in [0.25, 0.3) is 16.5 Å². The molecule has 5 N–H and O–H groups in total. The zero-order chi connectivity index (χ0) is 44.0. The van der Waals surface area contributed by atoms with Gasteiger partial charge in [0.1, 0.15) is 34.7 Å². The first-order valence-electron chi connectivity index (χ1n) is 22.5. The van der Waals surface area contributed by atoms with Gasteiger partial charge >= 0.3 is 5.97 Å². The Labute approximate surface area is 366 Å². The Morgan fingerprint density at radius 1 is 1.10 bits per heavy atom. The molecule has 4 aliphatic heterocycles. The summed E-state index contributed by atoms with van der Waals surface area (Å²) >= 11 is 0. The zero-order valence-corrected chi connectivity index (χ0v) is 36.0. The highest BCUT2D eigenvalue weighted by atomic mass is 16.6. The second-order valence-corrected chi connectivity index (χ2v) is 18.0. The molecule has 2 aliphatic carbocycles. The molecule has 14 nitrogen and oxygen atoms in total. The number of H-pyrrole nitrogens is 1. The van der Waals surface area contributed by atoms with Crippen molar-refractivity contribution in [1.29, 1.82) is 0 Å². The van der Waals surface area contributed by atoms with Crippen LogP contribution in [0.2, 0.25) is 0 Å². The molecule has 14 heteroatoms. The van der Waals surface area contributed by atoms with E-state index in [-0.39, 0.29) is 91.0 Å². The summed E-state index contributed by atoms with van der Waals surface area (Å²) < 4.78 is 31.0. The summed E-state index contributed by atoms with van der Waals surface area (Å²) in [5, 5.41) is 46.8. The van der Waals surface area contributed by atoms with Gasteiger partial charge in [0.15, 0.2) is 6.29 Å². The SMILES string of the molecule is CCOC(=O)C1=C(C=O)/C2=C3\C[C@H](CO)C(=O)[C@H](C3)c3cc4cc[nH]c4cc3CC[C@@H](CO)COc3c4c(c(CO)c(c32)O1)O[C@H]([C@@]1(O)CC=C[C@@H]2CN(CCCOC)CC[C@H]21)C4. The molecule has 1 saturated heterocycles. The number of carbonyl (C=O) groups excluding carboxylic acids is 3. The molecule has 9 rings (SSSR count). The van der Waals surface area contributed by atoms with Crippen LogP contribution >= 0.6 is 0 Å². The van der Waals surface area contributed by atoms with Gasteiger partial charge in [-0.05, 0) is 99.0 Å². The molecule has 3 aromatic rings. The summed E-state index contributed by atoms with van der Waals surface area (Å²) in [7, 11) is 1.70. The van der Waals surface area contributed by atoms with Crippen LogP contribution in [0.3, 0.4) is 0 Å². The van der Waals surface area contributed by atoms with Crippen LogP contribution in [-0.2, 0) is 43.3 Å². The van der Waals surface area contributed by atoms with E-state index in [1.807, 2.05) is 30.5 Å². The predicted octanol–water partition coefficient (Wildman–Crippen LogP) is 4.48. The number of aryl methyl sites for hydroxylation is 1. The number of likely N-dealkylation sites (tertiary alicyclic amines) is 1. The number of aldehydes is 1. The summed E-state index contributed by atoms with van der Waals surface area (Å²) in [5.74, 6) is -2.77. The van der Waals surface area contributed by atoms with Gasteiger partial charge in [0.2, 0.25) is 5.76 Å². The number of hydrogen-bond donors (Lipinski definition) is 5. The van der Waals surface area contributed by atoms with Crippen molar-refractivity contribution >= 4 is 34.5 Å². The normalized spacial score (nSPS) is 29.2. The lowest BCUT2D eigenvalue weighted by molar-refractivity contribution is -0.141. The number of benzene rings is 2. The summed E-state index contributed by atoms with van der Waals surface area (Å²) in [5.41, 5.74) is 3.25. The number of aliphatic hydroxyl groups excluding tert-OH is 3. The number of Topliss-reactive ketones (excluding diaryl/α,β-unsaturated/α-hetero) is 1. The highest BCUT2D eigenvalue weighted by Crippen LogP contribution is 2.58. The quantitative estimate of drug-likeness (QED) is 0.0784. The van der Waals surface area contributed by atoms with Gasteiger partial charge in [-0.2, -0.15) is 0 Å². The Morgan fingerprint density at radius 2 is 1.95 bits per heavy atom. The smallest absolute Gasteiger partial charge is 0.375 e. The molecule has 0 amide bonds. The van der Waals surface area contributed by atoms with E-state index in [9.17, 15) is 34.8 Å². The first-order chi connectivity index (χ1) is 30.7. The number of nitrogens with one attached hydrogen (secondary N) is 1. The van der Waals surface area contributed by atoms with Crippen molar-refractivity contribution in [2.45, 2.75) is 82.5 Å². The molecule has 2 bridgehead atoms. The number of carbonyl (C=O) groups is 3. The molecule has 63 heavy (non-hydrogen) atoms. The molecule has 0 unspecified atom stereocenters. The second-order valence-electron chi connectivity index (χ2n) is 18.0. The average Bonchev–Trinajstić information content (AvgIpc) is 3.96. The van der Waals surface area contributed by atoms with Gasteiger partial charge in [0, 0.05) is 86.4 Å². The molecule has 0 spiro atoms. The number of hydrogen-bond acceptors (Lipinski definition) is 13. The fourth-order valence-corrected chi connectivity index (χ4v) is 11.3. The Hall–Kier alpha value is -4.83. The number of piperidine rings is 1. The number of aromatic amines is 1. The fraction of sp³-hybridized carbons (Fsp3) is 0.531. The lowest BCUT2D eigenvalue weighted by Crippen LogP contribution is -2.58. The topological polar surface area (TPSA) is 197 Å². The number of aromatic nitrogens is 1. The van der Waals surface area contributed by atoms with E-state index >= 15 is 0 Å². The Kier molecular flexibility index (Phi) is 12.4. The number of rotatable bonds is 11. The van der Waals surface area contributed by atoms with Gasteiger partial charge in [-0.1, -0.05) is 17.7 Å². The minimum Gasteiger partial charge on any atom is -0.492 e. The van der Waals surface area contributed by atoms with Gasteiger partial charge in [0.25, 0.3) is 0 Å². The molecule has 6 aliphatic rings. The average molecular weight is 867 g/mol. The van der Waals surface area contributed by atoms with Crippen LogP contribution in [-0.4, -0.2) is 120 Å². The third-order valence-electron chi connectivity index (χ3n) is 14.5. The number of aliphatic hydroxyl groups is 4. The molecular formula is C49H58N2O12. The molecule has 2 aromatic carbocycles. The lowest BCUT2D eigenvalue weighted by atomic mass is 9.66. The van der Waals surface area contributed by atoms with E-state index in [1.165, 1.54) is 0 Å². The van der Waals surface area contributed by atoms with E-state index in [0.29, 0.717) is 60.2 Å². The molecule has 0 radical (unpaired) electrons. The molecule has 2 fully saturated rings. The van der Waals surface area contributed by atoms with Crippen LogP contribution in [0.1, 0.15) is 79.2 Å². The number of esters is 1. The number of ether oxygens (including phenoxy) is 5. The maximum absolute atomic E-state index is 14.5. The van der Waals surface area contributed by atoms with Crippen LogP contribution in [0.5, 0.6) is 17.2 Å². The van der Waals surface area contributed by atoms with Crippen LogP contribution < -0.4 is 14.2 Å².